The van der Waals surface area contributed by atoms with Gasteiger partial charge in [0.05, 0.1) is 20.8 Å². The molecule has 0 bridgehead atoms. The van der Waals surface area contributed by atoms with Crippen molar-refractivity contribution < 1.29 is 19.6 Å². The van der Waals surface area contributed by atoms with E-state index in [1.165, 1.54) is 0 Å². The molecule has 0 radical (unpaired) electrons. The number of carbonyl (C=O) groups excluding carboxylic acids is 1. The molecule has 0 atom stereocenters. The first-order valence-corrected chi connectivity index (χ1v) is 5.35. The lowest BCUT2D eigenvalue weighted by Crippen LogP contribution is -1.98. The van der Waals surface area contributed by atoms with Crippen LogP contribution in [0.4, 0.5) is 17.1 Å². The fourth-order valence-corrected chi connectivity index (χ4v) is 1.94. The molecule has 0 saturated heterocycles. The Morgan fingerprint density at radius 1 is 0.810 bits per heavy atom. The van der Waals surface area contributed by atoms with Crippen molar-refractivity contribution in [1.82, 2.24) is 0 Å². The number of nitrogens with zero attached hydrogens (tertiary/aromatic N) is 3. The van der Waals surface area contributed by atoms with Crippen LogP contribution in [-0.2, 0) is 0 Å². The molecule has 0 aliphatic carbocycles. The predicted molar refractivity (Wildman–Crippen MR) is 69.3 cm³/mol. The second-order valence-electron chi connectivity index (χ2n) is 3.99. The van der Waals surface area contributed by atoms with Crippen LogP contribution in [-0.4, -0.2) is 21.1 Å². The number of non-ortho nitro benzene ring substituents is 3. The van der Waals surface area contributed by atoms with Gasteiger partial charge in [-0.05, 0) is 6.07 Å². The molecule has 0 spiro atoms. The zero-order valence-corrected chi connectivity index (χ0v) is 10.1. The van der Waals surface area contributed by atoms with Crippen molar-refractivity contribution in [3.05, 3.63) is 60.2 Å². The van der Waals surface area contributed by atoms with E-state index in [-0.39, 0.29) is 16.3 Å². The van der Waals surface area contributed by atoms with Gasteiger partial charge >= 0.3 is 0 Å². The number of rotatable bonds is 4. The molecule has 0 aliphatic heterocycles. The molecule has 10 heteroatoms. The Hall–Kier alpha value is -3.43. The maximum absolute atomic E-state index is 11.0. The molecule has 0 amide bonds. The summed E-state index contributed by atoms with van der Waals surface area (Å²) in [6, 6.07) is 3.60. The molecule has 21 heavy (non-hydrogen) atoms. The highest BCUT2D eigenvalue weighted by Gasteiger charge is 2.27. The van der Waals surface area contributed by atoms with E-state index >= 15 is 0 Å². The lowest BCUT2D eigenvalue weighted by Gasteiger charge is -2.03. The molecule has 0 N–H and O–H groups in total. The third kappa shape index (κ3) is 2.36. The third-order valence-electron chi connectivity index (χ3n) is 2.75. The highest BCUT2D eigenvalue weighted by molar-refractivity contribution is 6.02. The minimum absolute atomic E-state index is 0.107. The fraction of sp³-hybridized carbons (Fsp3) is 0. The SMILES string of the molecule is O=Cc1cc([N+](=O)[O-])c2c([N+](=O)[O-])cc([N+](=O)[O-])cc2c1. The Balaban J connectivity index is 3.02. The standard InChI is InChI=1S/C11H5N3O7/c15-5-6-1-7-3-8(12(16)17)4-10(14(20)21)11(7)9(2-6)13(18)19/h1-5H. The second kappa shape index (κ2) is 4.92. The predicted octanol–water partition coefficient (Wildman–Crippen LogP) is 2.38. The van der Waals surface area contributed by atoms with E-state index in [2.05, 4.69) is 0 Å². The summed E-state index contributed by atoms with van der Waals surface area (Å²) in [6.45, 7) is 0. The van der Waals surface area contributed by atoms with Crippen LogP contribution < -0.4 is 0 Å². The van der Waals surface area contributed by atoms with Gasteiger partial charge in [-0.15, -0.1) is 0 Å². The van der Waals surface area contributed by atoms with Gasteiger partial charge in [-0.25, -0.2) is 0 Å². The van der Waals surface area contributed by atoms with Gasteiger partial charge in [0, 0.05) is 23.1 Å². The van der Waals surface area contributed by atoms with E-state index in [0.29, 0.717) is 12.4 Å². The molecule has 0 unspecified atom stereocenters. The molecule has 0 aromatic heterocycles. The van der Waals surface area contributed by atoms with Crippen molar-refractivity contribution in [2.24, 2.45) is 0 Å². The number of nitro benzene ring substituents is 3. The van der Waals surface area contributed by atoms with E-state index in [1.807, 2.05) is 0 Å². The van der Waals surface area contributed by atoms with Crippen LogP contribution >= 0.6 is 0 Å². The second-order valence-corrected chi connectivity index (χ2v) is 3.99. The normalized spacial score (nSPS) is 10.3. The maximum atomic E-state index is 11.0. The van der Waals surface area contributed by atoms with Crippen LogP contribution in [0.15, 0.2) is 24.3 Å². The maximum Gasteiger partial charge on any atom is 0.291 e. The van der Waals surface area contributed by atoms with Crippen molar-refractivity contribution in [3.8, 4) is 0 Å². The first-order valence-electron chi connectivity index (χ1n) is 5.35. The summed E-state index contributed by atoms with van der Waals surface area (Å²) in [5, 5.41) is 32.3. The largest absolute Gasteiger partial charge is 0.298 e. The van der Waals surface area contributed by atoms with Gasteiger partial charge < -0.3 is 0 Å². The average molecular weight is 291 g/mol. The van der Waals surface area contributed by atoms with Gasteiger partial charge in [-0.1, -0.05) is 0 Å². The third-order valence-corrected chi connectivity index (χ3v) is 2.75. The summed E-state index contributed by atoms with van der Waals surface area (Å²) >= 11 is 0. The highest BCUT2D eigenvalue weighted by Crippen LogP contribution is 2.37. The van der Waals surface area contributed by atoms with Crippen LogP contribution in [0.2, 0.25) is 0 Å². The molecule has 0 aliphatic rings. The van der Waals surface area contributed by atoms with E-state index < -0.39 is 31.8 Å². The fourth-order valence-electron chi connectivity index (χ4n) is 1.94. The molecule has 2 aromatic carbocycles. The lowest BCUT2D eigenvalue weighted by molar-refractivity contribution is -0.395. The first-order chi connectivity index (χ1) is 9.85. The minimum atomic E-state index is -0.942. The number of hydrogen-bond acceptors (Lipinski definition) is 7. The Kier molecular flexibility index (Phi) is 3.28. The summed E-state index contributed by atoms with van der Waals surface area (Å²) in [6.07, 6.45) is 0.317. The van der Waals surface area contributed by atoms with E-state index in [9.17, 15) is 35.1 Å². The summed E-state index contributed by atoms with van der Waals surface area (Å²) in [4.78, 5) is 40.9. The van der Waals surface area contributed by atoms with Gasteiger partial charge in [-0.3, -0.25) is 35.1 Å². The molecule has 106 valence electrons. The quantitative estimate of drug-likeness (QED) is 0.477. The molecule has 2 aromatic rings. The molecule has 2 rings (SSSR count). The topological polar surface area (TPSA) is 146 Å². The molecule has 0 fully saturated rings. The summed E-state index contributed by atoms with van der Waals surface area (Å²) in [5.74, 6) is 0. The number of benzene rings is 2. The van der Waals surface area contributed by atoms with Gasteiger partial charge in [0.15, 0.2) is 0 Å². The van der Waals surface area contributed by atoms with Crippen LogP contribution in [0, 0.1) is 30.3 Å². The van der Waals surface area contributed by atoms with Gasteiger partial charge in [0.25, 0.3) is 17.1 Å². The molecule has 0 heterocycles. The Labute approximate surface area is 115 Å². The smallest absolute Gasteiger partial charge is 0.291 e. The van der Waals surface area contributed by atoms with Crippen molar-refractivity contribution >= 4 is 34.1 Å². The van der Waals surface area contributed by atoms with Gasteiger partial charge in [0.1, 0.15) is 11.7 Å². The van der Waals surface area contributed by atoms with Crippen molar-refractivity contribution in [2.75, 3.05) is 0 Å². The van der Waals surface area contributed by atoms with Crippen molar-refractivity contribution in [2.45, 2.75) is 0 Å². The van der Waals surface area contributed by atoms with Gasteiger partial charge in [0.2, 0.25) is 0 Å². The Bertz CT molecular complexity index is 815. The number of fused-ring (bicyclic) bond motifs is 1. The summed E-state index contributed by atoms with van der Waals surface area (Å²) in [7, 11) is 0. The van der Waals surface area contributed by atoms with Gasteiger partial charge in [-0.2, -0.15) is 0 Å². The van der Waals surface area contributed by atoms with Crippen LogP contribution in [0.3, 0.4) is 0 Å². The summed E-state index contributed by atoms with van der Waals surface area (Å²) < 4.78 is 0. The lowest BCUT2D eigenvalue weighted by atomic mass is 10.0. The van der Waals surface area contributed by atoms with Crippen molar-refractivity contribution in [3.63, 3.8) is 0 Å². The van der Waals surface area contributed by atoms with E-state index in [4.69, 9.17) is 0 Å². The first kappa shape index (κ1) is 14.0. The highest BCUT2D eigenvalue weighted by atomic mass is 16.6. The molecular formula is C11H5N3O7. The zero-order chi connectivity index (χ0) is 15.7. The Morgan fingerprint density at radius 2 is 1.38 bits per heavy atom. The van der Waals surface area contributed by atoms with E-state index in [1.54, 1.807) is 0 Å². The summed E-state index contributed by atoms with van der Waals surface area (Å²) in [5.41, 5.74) is -2.12. The van der Waals surface area contributed by atoms with E-state index in [0.717, 1.165) is 18.2 Å². The van der Waals surface area contributed by atoms with Crippen molar-refractivity contribution in [1.29, 1.82) is 0 Å². The molecule has 10 nitrogen and oxygen atoms in total. The number of aldehydes is 1. The monoisotopic (exact) mass is 291 g/mol. The molecule has 0 saturated carbocycles. The van der Waals surface area contributed by atoms with Crippen LogP contribution in [0.25, 0.3) is 10.8 Å². The number of hydrogen-bond donors (Lipinski definition) is 0. The number of carbonyl (C=O) groups is 1. The molecular weight excluding hydrogens is 286 g/mol. The zero-order valence-electron chi connectivity index (χ0n) is 10.1. The minimum Gasteiger partial charge on any atom is -0.298 e. The van der Waals surface area contributed by atoms with Crippen LogP contribution in [0.1, 0.15) is 10.4 Å². The average Bonchev–Trinajstić information content (AvgIpc) is 2.44. The number of nitro groups is 3. The Morgan fingerprint density at radius 3 is 1.86 bits per heavy atom. The van der Waals surface area contributed by atoms with Crippen LogP contribution in [0.5, 0.6) is 0 Å².